The Bertz CT molecular complexity index is 1410. The third kappa shape index (κ3) is 5.11. The summed E-state index contributed by atoms with van der Waals surface area (Å²) in [6.45, 7) is 1.72. The van der Waals surface area contributed by atoms with Crippen molar-refractivity contribution < 1.29 is 9.53 Å². The Labute approximate surface area is 204 Å². The van der Waals surface area contributed by atoms with Gasteiger partial charge in [-0.15, -0.1) is 0 Å². The fourth-order valence-electron chi connectivity index (χ4n) is 4.73. The van der Waals surface area contributed by atoms with Crippen molar-refractivity contribution in [3.8, 4) is 11.5 Å². The van der Waals surface area contributed by atoms with Crippen LogP contribution in [-0.2, 0) is 4.79 Å². The lowest BCUT2D eigenvalue weighted by atomic mass is 9.84. The number of anilines is 1. The maximum atomic E-state index is 13.1. The number of benzene rings is 3. The van der Waals surface area contributed by atoms with Crippen molar-refractivity contribution >= 4 is 22.5 Å². The molecule has 6 nitrogen and oxygen atoms in total. The number of hydrogen-bond acceptors (Lipinski definition) is 4. The van der Waals surface area contributed by atoms with Crippen LogP contribution in [0.3, 0.4) is 0 Å². The second-order valence-corrected chi connectivity index (χ2v) is 9.18. The van der Waals surface area contributed by atoms with E-state index in [4.69, 9.17) is 4.74 Å². The van der Waals surface area contributed by atoms with E-state index >= 15 is 0 Å². The highest BCUT2D eigenvalue weighted by molar-refractivity contribution is 5.96. The number of nitrogens with one attached hydrogen (secondary N) is 2. The predicted molar refractivity (Wildman–Crippen MR) is 138 cm³/mol. The normalized spacial score (nSPS) is 15.0. The minimum Gasteiger partial charge on any atom is -0.455 e. The first-order valence-electron chi connectivity index (χ1n) is 12.2. The highest BCUT2D eigenvalue weighted by atomic mass is 16.5. The summed E-state index contributed by atoms with van der Waals surface area (Å²) in [6, 6.07) is 22.7. The molecule has 1 heterocycles. The summed E-state index contributed by atoms with van der Waals surface area (Å²) in [6.07, 6.45) is 6.32. The molecule has 5 rings (SSSR count). The summed E-state index contributed by atoms with van der Waals surface area (Å²) in [7, 11) is 0. The molecule has 0 saturated heterocycles. The zero-order valence-corrected chi connectivity index (χ0v) is 19.8. The lowest BCUT2D eigenvalue weighted by Gasteiger charge is -2.22. The Morgan fingerprint density at radius 1 is 1.00 bits per heavy atom. The van der Waals surface area contributed by atoms with Gasteiger partial charge in [-0.25, -0.2) is 4.98 Å². The molecule has 1 amide bonds. The van der Waals surface area contributed by atoms with Crippen LogP contribution in [0.25, 0.3) is 10.9 Å². The lowest BCUT2D eigenvalue weighted by Crippen LogP contribution is -2.23. The molecule has 0 aliphatic heterocycles. The van der Waals surface area contributed by atoms with Gasteiger partial charge in [-0.1, -0.05) is 55.7 Å². The molecule has 1 aromatic heterocycles. The van der Waals surface area contributed by atoms with Gasteiger partial charge in [0, 0.05) is 0 Å². The van der Waals surface area contributed by atoms with Crippen molar-refractivity contribution in [1.82, 2.24) is 9.97 Å². The van der Waals surface area contributed by atoms with Gasteiger partial charge in [-0.05, 0) is 67.6 Å². The molecule has 1 aliphatic carbocycles. The number of rotatable bonds is 6. The van der Waals surface area contributed by atoms with E-state index < -0.39 is 5.92 Å². The van der Waals surface area contributed by atoms with Crippen LogP contribution in [0.2, 0.25) is 0 Å². The van der Waals surface area contributed by atoms with E-state index in [-0.39, 0.29) is 11.5 Å². The van der Waals surface area contributed by atoms with Crippen molar-refractivity contribution in [2.45, 2.75) is 50.9 Å². The summed E-state index contributed by atoms with van der Waals surface area (Å²) in [5.74, 6) is 1.28. The molecular weight excluding hydrogens is 438 g/mol. The molecule has 35 heavy (non-hydrogen) atoms. The largest absolute Gasteiger partial charge is 0.455 e. The van der Waals surface area contributed by atoms with Crippen LogP contribution in [0.15, 0.2) is 77.6 Å². The molecule has 1 saturated carbocycles. The van der Waals surface area contributed by atoms with Crippen LogP contribution in [0, 0.1) is 0 Å². The monoisotopic (exact) mass is 467 g/mol. The van der Waals surface area contributed by atoms with Crippen molar-refractivity contribution in [3.63, 3.8) is 0 Å². The minimum absolute atomic E-state index is 0.258. The van der Waals surface area contributed by atoms with Crippen molar-refractivity contribution in [1.29, 1.82) is 0 Å². The third-order valence-corrected chi connectivity index (χ3v) is 6.74. The SMILES string of the molecule is CC(C(=O)Nc1ccccc1Oc1cccc(C2CCCCC2)c1)c1nc2ccccc2c(=O)[nH]1. The van der Waals surface area contributed by atoms with E-state index in [1.165, 1.54) is 37.7 Å². The van der Waals surface area contributed by atoms with E-state index in [2.05, 4.69) is 27.4 Å². The molecule has 1 unspecified atom stereocenters. The van der Waals surface area contributed by atoms with Crippen LogP contribution < -0.4 is 15.6 Å². The molecule has 6 heteroatoms. The Kier molecular flexibility index (Phi) is 6.62. The number of hydrogen-bond donors (Lipinski definition) is 2. The number of aromatic amines is 1. The number of amides is 1. The van der Waals surface area contributed by atoms with Crippen LogP contribution in [-0.4, -0.2) is 15.9 Å². The fourth-order valence-corrected chi connectivity index (χ4v) is 4.73. The van der Waals surface area contributed by atoms with Gasteiger partial charge in [0.2, 0.25) is 5.91 Å². The summed E-state index contributed by atoms with van der Waals surface area (Å²) in [5.41, 5.74) is 2.18. The maximum absolute atomic E-state index is 13.1. The molecular formula is C29H29N3O3. The molecule has 3 aromatic carbocycles. The van der Waals surface area contributed by atoms with Gasteiger partial charge >= 0.3 is 0 Å². The van der Waals surface area contributed by atoms with Crippen LogP contribution in [0.5, 0.6) is 11.5 Å². The van der Waals surface area contributed by atoms with Gasteiger partial charge in [0.1, 0.15) is 11.6 Å². The Morgan fingerprint density at radius 3 is 2.63 bits per heavy atom. The molecule has 2 N–H and O–H groups in total. The number of para-hydroxylation sites is 3. The summed E-state index contributed by atoms with van der Waals surface area (Å²) >= 11 is 0. The molecule has 0 spiro atoms. The second-order valence-electron chi connectivity index (χ2n) is 9.18. The Balaban J connectivity index is 1.34. The average molecular weight is 468 g/mol. The van der Waals surface area contributed by atoms with E-state index in [1.54, 1.807) is 25.1 Å². The Hall–Kier alpha value is -3.93. The first-order chi connectivity index (χ1) is 17.1. The van der Waals surface area contributed by atoms with Gasteiger partial charge < -0.3 is 15.0 Å². The quantitative estimate of drug-likeness (QED) is 0.339. The first-order valence-corrected chi connectivity index (χ1v) is 12.2. The topological polar surface area (TPSA) is 84.1 Å². The molecule has 1 aliphatic rings. The average Bonchev–Trinajstić information content (AvgIpc) is 2.90. The lowest BCUT2D eigenvalue weighted by molar-refractivity contribution is -0.117. The summed E-state index contributed by atoms with van der Waals surface area (Å²) < 4.78 is 6.22. The van der Waals surface area contributed by atoms with Crippen LogP contribution in [0.4, 0.5) is 5.69 Å². The fraction of sp³-hybridized carbons (Fsp3) is 0.276. The van der Waals surface area contributed by atoms with Gasteiger partial charge in [0.15, 0.2) is 5.75 Å². The van der Waals surface area contributed by atoms with E-state index in [1.807, 2.05) is 42.5 Å². The minimum atomic E-state index is -0.657. The van der Waals surface area contributed by atoms with E-state index in [0.29, 0.717) is 34.1 Å². The van der Waals surface area contributed by atoms with Crippen molar-refractivity contribution in [2.75, 3.05) is 5.32 Å². The van der Waals surface area contributed by atoms with E-state index in [0.717, 1.165) is 5.75 Å². The Morgan fingerprint density at radius 2 is 1.77 bits per heavy atom. The summed E-state index contributed by atoms with van der Waals surface area (Å²) in [5, 5.41) is 3.45. The molecule has 1 fully saturated rings. The molecule has 178 valence electrons. The molecule has 1 atom stereocenters. The molecule has 4 aromatic rings. The second kappa shape index (κ2) is 10.1. The van der Waals surface area contributed by atoms with E-state index in [9.17, 15) is 9.59 Å². The number of nitrogens with zero attached hydrogens (tertiary/aromatic N) is 1. The number of H-pyrrole nitrogens is 1. The zero-order valence-electron chi connectivity index (χ0n) is 19.8. The maximum Gasteiger partial charge on any atom is 0.258 e. The number of fused-ring (bicyclic) bond motifs is 1. The predicted octanol–water partition coefficient (Wildman–Crippen LogP) is 6.51. The number of carbonyl (C=O) groups excluding carboxylic acids is 1. The summed E-state index contributed by atoms with van der Waals surface area (Å²) in [4.78, 5) is 32.8. The molecule has 0 radical (unpaired) electrons. The zero-order chi connectivity index (χ0) is 24.2. The number of aromatic nitrogens is 2. The van der Waals surface area contributed by atoms with Gasteiger partial charge in [0.25, 0.3) is 5.56 Å². The highest BCUT2D eigenvalue weighted by Crippen LogP contribution is 2.36. The van der Waals surface area contributed by atoms with Crippen LogP contribution in [0.1, 0.15) is 62.3 Å². The van der Waals surface area contributed by atoms with Crippen molar-refractivity contribution in [2.24, 2.45) is 0 Å². The van der Waals surface area contributed by atoms with Gasteiger partial charge in [-0.2, -0.15) is 0 Å². The standard InChI is InChI=1S/C29H29N3O3/c1-19(27-30-24-15-6-5-14-23(24)29(34)32-27)28(33)31-25-16-7-8-17-26(25)35-22-13-9-12-21(18-22)20-10-3-2-4-11-20/h5-9,12-20H,2-4,10-11H2,1H3,(H,31,33)(H,30,32,34). The number of ether oxygens (including phenoxy) is 1. The van der Waals surface area contributed by atoms with Gasteiger partial charge in [-0.3, -0.25) is 9.59 Å². The first kappa shape index (κ1) is 22.8. The van der Waals surface area contributed by atoms with Gasteiger partial charge in [0.05, 0.1) is 22.5 Å². The molecule has 0 bridgehead atoms. The van der Waals surface area contributed by atoms with Crippen molar-refractivity contribution in [3.05, 3.63) is 94.5 Å². The smallest absolute Gasteiger partial charge is 0.258 e. The number of carbonyl (C=O) groups is 1. The third-order valence-electron chi connectivity index (χ3n) is 6.74. The highest BCUT2D eigenvalue weighted by Gasteiger charge is 2.21. The van der Waals surface area contributed by atoms with Crippen LogP contribution >= 0.6 is 0 Å².